The molecule has 146 valence electrons. The lowest BCUT2D eigenvalue weighted by Gasteiger charge is -2.46. The number of oxime groups is 1. The number of carboxylic acids is 1. The van der Waals surface area contributed by atoms with E-state index in [1.54, 1.807) is 24.3 Å². The van der Waals surface area contributed by atoms with E-state index in [0.29, 0.717) is 5.56 Å². The maximum absolute atomic E-state index is 12.7. The number of carbonyl (C=O) groups is 2. The Labute approximate surface area is 159 Å². The Kier molecular flexibility index (Phi) is 5.82. The van der Waals surface area contributed by atoms with Crippen molar-refractivity contribution in [2.45, 2.75) is 45.4 Å². The molecule has 1 saturated carbocycles. The van der Waals surface area contributed by atoms with E-state index in [1.165, 1.54) is 6.21 Å². The van der Waals surface area contributed by atoms with Gasteiger partial charge in [-0.15, -0.1) is 0 Å². The van der Waals surface area contributed by atoms with E-state index < -0.39 is 5.97 Å². The third-order valence-electron chi connectivity index (χ3n) is 6.66. The molecule has 1 saturated heterocycles. The minimum Gasteiger partial charge on any atom is -0.481 e. The minimum absolute atomic E-state index is 0.0468. The van der Waals surface area contributed by atoms with Crippen LogP contribution in [0.15, 0.2) is 29.4 Å². The molecule has 2 aliphatic rings. The largest absolute Gasteiger partial charge is 0.481 e. The van der Waals surface area contributed by atoms with Crippen molar-refractivity contribution in [3.63, 3.8) is 0 Å². The number of amides is 1. The third kappa shape index (κ3) is 4.31. The second kappa shape index (κ2) is 8.11. The Morgan fingerprint density at radius 2 is 1.74 bits per heavy atom. The van der Waals surface area contributed by atoms with Crippen LogP contribution in [0.3, 0.4) is 0 Å². The van der Waals surface area contributed by atoms with E-state index in [2.05, 4.69) is 5.16 Å². The molecule has 6 nitrogen and oxygen atoms in total. The van der Waals surface area contributed by atoms with Gasteiger partial charge in [-0.1, -0.05) is 24.2 Å². The molecule has 3 rings (SSSR count). The lowest BCUT2D eigenvalue weighted by atomic mass is 9.63. The van der Waals surface area contributed by atoms with Gasteiger partial charge in [0.15, 0.2) is 0 Å². The average molecular weight is 372 g/mol. The van der Waals surface area contributed by atoms with E-state index in [9.17, 15) is 14.7 Å². The summed E-state index contributed by atoms with van der Waals surface area (Å²) < 4.78 is 0. The van der Waals surface area contributed by atoms with E-state index in [-0.39, 0.29) is 23.2 Å². The van der Waals surface area contributed by atoms with Crippen molar-refractivity contribution in [3.8, 4) is 0 Å². The highest BCUT2D eigenvalue weighted by Gasteiger charge is 2.40. The van der Waals surface area contributed by atoms with Crippen LogP contribution in [0.5, 0.6) is 0 Å². The van der Waals surface area contributed by atoms with Gasteiger partial charge in [0, 0.05) is 18.7 Å². The summed E-state index contributed by atoms with van der Waals surface area (Å²) in [5.74, 6) is -0.616. The molecule has 6 heteroatoms. The van der Waals surface area contributed by atoms with Crippen LogP contribution >= 0.6 is 0 Å². The summed E-state index contributed by atoms with van der Waals surface area (Å²) in [6.07, 6.45) is 7.45. The predicted octanol–water partition coefficient (Wildman–Crippen LogP) is 3.63. The van der Waals surface area contributed by atoms with Crippen molar-refractivity contribution in [3.05, 3.63) is 35.4 Å². The van der Waals surface area contributed by atoms with Crippen molar-refractivity contribution in [2.24, 2.45) is 22.4 Å². The Morgan fingerprint density at radius 1 is 1.15 bits per heavy atom. The monoisotopic (exact) mass is 372 g/mol. The number of carboxylic acid groups (broad SMARTS) is 1. The van der Waals surface area contributed by atoms with Gasteiger partial charge in [0.25, 0.3) is 5.91 Å². The lowest BCUT2D eigenvalue weighted by molar-refractivity contribution is -0.143. The topological polar surface area (TPSA) is 90.2 Å². The number of benzene rings is 1. The van der Waals surface area contributed by atoms with Crippen LogP contribution in [0.25, 0.3) is 0 Å². The second-order valence-corrected chi connectivity index (χ2v) is 8.12. The molecule has 1 unspecified atom stereocenters. The van der Waals surface area contributed by atoms with Gasteiger partial charge in [-0.05, 0) is 67.6 Å². The number of rotatable bonds is 4. The highest BCUT2D eigenvalue weighted by atomic mass is 16.4. The van der Waals surface area contributed by atoms with E-state index in [1.807, 2.05) is 11.8 Å². The Balaban J connectivity index is 1.54. The zero-order chi connectivity index (χ0) is 19.4. The third-order valence-corrected chi connectivity index (χ3v) is 6.66. The summed E-state index contributed by atoms with van der Waals surface area (Å²) in [5, 5.41) is 20.8. The molecule has 1 heterocycles. The van der Waals surface area contributed by atoms with Gasteiger partial charge in [-0.3, -0.25) is 9.59 Å². The van der Waals surface area contributed by atoms with Crippen LogP contribution in [-0.2, 0) is 4.79 Å². The Bertz CT molecular complexity index is 695. The van der Waals surface area contributed by atoms with Crippen LogP contribution < -0.4 is 0 Å². The standard InChI is InChI=1S/C21H28N2O4/c1-15(20(25)26)17-6-8-21(9-7-17)10-12-23(13-11-21)19(24)18-4-2-16(3-5-18)14-22-27/h2-5,14-15,17,27H,6-13H2,1H3,(H,25,26). The van der Waals surface area contributed by atoms with E-state index in [4.69, 9.17) is 5.21 Å². The Morgan fingerprint density at radius 3 is 2.26 bits per heavy atom. The molecule has 1 aliphatic heterocycles. The van der Waals surface area contributed by atoms with Crippen LogP contribution in [0.4, 0.5) is 0 Å². The number of hydrogen-bond acceptors (Lipinski definition) is 4. The van der Waals surface area contributed by atoms with Crippen molar-refractivity contribution >= 4 is 18.1 Å². The fourth-order valence-electron chi connectivity index (χ4n) is 4.60. The van der Waals surface area contributed by atoms with E-state index >= 15 is 0 Å². The van der Waals surface area contributed by atoms with Gasteiger partial charge in [0.1, 0.15) is 0 Å². The molecule has 0 radical (unpaired) electrons. The molecule has 1 aromatic rings. The van der Waals surface area contributed by atoms with Crippen molar-refractivity contribution in [1.82, 2.24) is 4.90 Å². The van der Waals surface area contributed by atoms with Crippen LogP contribution in [-0.4, -0.2) is 46.4 Å². The Hall–Kier alpha value is -2.37. The van der Waals surface area contributed by atoms with Gasteiger partial charge >= 0.3 is 5.97 Å². The van der Waals surface area contributed by atoms with Crippen molar-refractivity contribution < 1.29 is 19.9 Å². The molecule has 2 fully saturated rings. The predicted molar refractivity (Wildman–Crippen MR) is 102 cm³/mol. The van der Waals surface area contributed by atoms with Gasteiger partial charge in [0.2, 0.25) is 0 Å². The van der Waals surface area contributed by atoms with Gasteiger partial charge < -0.3 is 15.2 Å². The second-order valence-electron chi connectivity index (χ2n) is 8.12. The fourth-order valence-corrected chi connectivity index (χ4v) is 4.60. The normalized spacial score (nSPS) is 21.4. The zero-order valence-electron chi connectivity index (χ0n) is 15.8. The number of aliphatic carboxylic acids is 1. The van der Waals surface area contributed by atoms with Crippen molar-refractivity contribution in [2.75, 3.05) is 13.1 Å². The molecule has 0 bridgehead atoms. The molecule has 1 amide bonds. The molecular formula is C21H28N2O4. The molecule has 2 N–H and O–H groups in total. The number of likely N-dealkylation sites (tertiary alicyclic amines) is 1. The van der Waals surface area contributed by atoms with Crippen LogP contribution in [0.1, 0.15) is 61.4 Å². The molecule has 1 spiro atoms. The molecule has 1 aliphatic carbocycles. The highest BCUT2D eigenvalue weighted by Crippen LogP contribution is 2.47. The molecule has 1 aromatic carbocycles. The first kappa shape index (κ1) is 19.4. The quantitative estimate of drug-likeness (QED) is 0.480. The summed E-state index contributed by atoms with van der Waals surface area (Å²) in [6.45, 7) is 3.35. The van der Waals surface area contributed by atoms with Gasteiger partial charge in [-0.25, -0.2) is 0 Å². The fraction of sp³-hybridized carbons (Fsp3) is 0.571. The van der Waals surface area contributed by atoms with Crippen molar-refractivity contribution in [1.29, 1.82) is 0 Å². The minimum atomic E-state index is -0.687. The number of carbonyl (C=O) groups excluding carboxylic acids is 1. The maximum atomic E-state index is 12.7. The summed E-state index contributed by atoms with van der Waals surface area (Å²) in [6, 6.07) is 7.07. The molecule has 27 heavy (non-hydrogen) atoms. The summed E-state index contributed by atoms with van der Waals surface area (Å²) in [4.78, 5) is 25.9. The molecule has 1 atom stereocenters. The molecule has 0 aromatic heterocycles. The van der Waals surface area contributed by atoms with Gasteiger partial charge in [0.05, 0.1) is 12.1 Å². The number of hydrogen-bond donors (Lipinski definition) is 2. The first-order valence-corrected chi connectivity index (χ1v) is 9.74. The van der Waals surface area contributed by atoms with E-state index in [0.717, 1.165) is 57.2 Å². The summed E-state index contributed by atoms with van der Waals surface area (Å²) in [5.41, 5.74) is 1.69. The smallest absolute Gasteiger partial charge is 0.306 e. The highest BCUT2D eigenvalue weighted by molar-refractivity contribution is 5.95. The zero-order valence-corrected chi connectivity index (χ0v) is 15.8. The summed E-state index contributed by atoms with van der Waals surface area (Å²) >= 11 is 0. The van der Waals surface area contributed by atoms with Crippen LogP contribution in [0, 0.1) is 17.3 Å². The van der Waals surface area contributed by atoms with Gasteiger partial charge in [-0.2, -0.15) is 0 Å². The maximum Gasteiger partial charge on any atom is 0.306 e. The first-order valence-electron chi connectivity index (χ1n) is 9.74. The first-order chi connectivity index (χ1) is 12.9. The van der Waals surface area contributed by atoms with Crippen LogP contribution in [0.2, 0.25) is 0 Å². The number of piperidine rings is 1. The molecular weight excluding hydrogens is 344 g/mol. The average Bonchev–Trinajstić information content (AvgIpc) is 2.69. The lowest BCUT2D eigenvalue weighted by Crippen LogP contribution is -2.45. The summed E-state index contributed by atoms with van der Waals surface area (Å²) in [7, 11) is 0. The SMILES string of the molecule is CC(C(=O)O)C1CCC2(CC1)CCN(C(=O)c1ccc(C=NO)cc1)CC2. The number of nitrogens with zero attached hydrogens (tertiary/aromatic N) is 2.